The van der Waals surface area contributed by atoms with E-state index in [9.17, 15) is 4.79 Å². The normalized spacial score (nSPS) is 14.4. The summed E-state index contributed by atoms with van der Waals surface area (Å²) in [6.45, 7) is 6.14. The van der Waals surface area contributed by atoms with Gasteiger partial charge in [0.25, 0.3) is 5.91 Å². The Balaban J connectivity index is 0.00000280. The molecule has 0 aromatic heterocycles. The summed E-state index contributed by atoms with van der Waals surface area (Å²) in [6.07, 6.45) is 0.943. The largest absolute Gasteiger partial charge is 0.368 e. The molecule has 28 heavy (non-hydrogen) atoms. The second kappa shape index (κ2) is 11.3. The molecule has 0 bridgehead atoms. The number of anilines is 1. The van der Waals surface area contributed by atoms with Crippen LogP contribution in [0.1, 0.15) is 22.3 Å². The zero-order valence-corrected chi connectivity index (χ0v) is 17.5. The third-order valence-corrected chi connectivity index (χ3v) is 5.27. The van der Waals surface area contributed by atoms with Gasteiger partial charge < -0.3 is 16.0 Å². The van der Waals surface area contributed by atoms with Crippen molar-refractivity contribution in [1.29, 1.82) is 0 Å². The lowest BCUT2D eigenvalue weighted by Crippen LogP contribution is -2.47. The van der Waals surface area contributed by atoms with Gasteiger partial charge in [-0.15, -0.1) is 12.4 Å². The number of rotatable bonds is 7. The Hall–Kier alpha value is -1.79. The number of halogens is 2. The van der Waals surface area contributed by atoms with E-state index in [1.165, 1.54) is 0 Å². The first-order valence-electron chi connectivity index (χ1n) is 9.46. The van der Waals surface area contributed by atoms with Crippen LogP contribution >= 0.6 is 24.0 Å². The number of nitrogens with two attached hydrogens (primary N) is 1. The quantitative estimate of drug-likeness (QED) is 0.672. The van der Waals surface area contributed by atoms with Crippen LogP contribution in [0.15, 0.2) is 48.5 Å². The summed E-state index contributed by atoms with van der Waals surface area (Å²) in [5, 5.41) is 3.81. The van der Waals surface area contributed by atoms with Gasteiger partial charge in [0.15, 0.2) is 0 Å². The molecule has 3 rings (SSSR count). The van der Waals surface area contributed by atoms with Gasteiger partial charge in [-0.1, -0.05) is 35.9 Å². The van der Waals surface area contributed by atoms with E-state index >= 15 is 0 Å². The minimum Gasteiger partial charge on any atom is -0.368 e. The molecule has 7 heteroatoms. The minimum absolute atomic E-state index is 0. The molecule has 0 aliphatic carbocycles. The summed E-state index contributed by atoms with van der Waals surface area (Å²) in [6, 6.07) is 15.4. The maximum Gasteiger partial charge on any atom is 0.251 e. The van der Waals surface area contributed by atoms with Gasteiger partial charge in [0, 0.05) is 44.8 Å². The zero-order valence-electron chi connectivity index (χ0n) is 15.9. The monoisotopic (exact) mass is 422 g/mol. The van der Waals surface area contributed by atoms with Crippen molar-refractivity contribution in [3.63, 3.8) is 0 Å². The molecule has 5 nitrogen and oxygen atoms in total. The maximum atomic E-state index is 12.2. The van der Waals surface area contributed by atoms with Crippen molar-refractivity contribution in [1.82, 2.24) is 10.2 Å². The van der Waals surface area contributed by atoms with Crippen molar-refractivity contribution in [2.45, 2.75) is 13.0 Å². The Morgan fingerprint density at radius 3 is 2.36 bits per heavy atom. The Bertz CT molecular complexity index is 746. The van der Waals surface area contributed by atoms with Crippen LogP contribution < -0.4 is 16.0 Å². The van der Waals surface area contributed by atoms with E-state index in [0.717, 1.165) is 55.4 Å². The summed E-state index contributed by atoms with van der Waals surface area (Å²) in [5.41, 5.74) is 8.41. The van der Waals surface area contributed by atoms with Crippen molar-refractivity contribution in [2.24, 2.45) is 5.73 Å². The first-order valence-corrected chi connectivity index (χ1v) is 9.84. The first-order chi connectivity index (χ1) is 13.2. The van der Waals surface area contributed by atoms with Crippen molar-refractivity contribution in [2.75, 3.05) is 44.2 Å². The highest BCUT2D eigenvalue weighted by molar-refractivity contribution is 6.33. The van der Waals surface area contributed by atoms with Gasteiger partial charge in [-0.25, -0.2) is 0 Å². The fourth-order valence-electron chi connectivity index (χ4n) is 3.32. The van der Waals surface area contributed by atoms with E-state index in [1.54, 1.807) is 0 Å². The molecule has 1 fully saturated rings. The van der Waals surface area contributed by atoms with Crippen LogP contribution in [0.25, 0.3) is 0 Å². The SMILES string of the molecule is Cl.NCc1ccc(C(=O)NCCCN2CCN(c3ccccc3Cl)CC2)cc1. The van der Waals surface area contributed by atoms with Crippen LogP contribution in [-0.4, -0.2) is 50.1 Å². The number of hydrogen-bond donors (Lipinski definition) is 2. The Kier molecular flexibility index (Phi) is 9.06. The summed E-state index contributed by atoms with van der Waals surface area (Å²) >= 11 is 6.29. The Morgan fingerprint density at radius 1 is 1.04 bits per heavy atom. The number of para-hydroxylation sites is 1. The number of amides is 1. The number of nitrogens with zero attached hydrogens (tertiary/aromatic N) is 2. The van der Waals surface area contributed by atoms with Crippen molar-refractivity contribution in [3.05, 3.63) is 64.7 Å². The summed E-state index contributed by atoms with van der Waals surface area (Å²) < 4.78 is 0. The maximum absolute atomic E-state index is 12.2. The van der Waals surface area contributed by atoms with E-state index in [4.69, 9.17) is 17.3 Å². The van der Waals surface area contributed by atoms with Gasteiger partial charge in [-0.3, -0.25) is 9.69 Å². The molecule has 1 aliphatic heterocycles. The molecule has 1 amide bonds. The number of piperazine rings is 1. The van der Waals surface area contributed by atoms with Crippen LogP contribution in [0.3, 0.4) is 0 Å². The van der Waals surface area contributed by atoms with Crippen molar-refractivity contribution >= 4 is 35.6 Å². The smallest absolute Gasteiger partial charge is 0.251 e. The third-order valence-electron chi connectivity index (χ3n) is 4.95. The Morgan fingerprint density at radius 2 is 1.71 bits per heavy atom. The van der Waals surface area contributed by atoms with Gasteiger partial charge in [0.1, 0.15) is 0 Å². The van der Waals surface area contributed by atoms with Gasteiger partial charge in [-0.05, 0) is 42.8 Å². The molecule has 0 radical (unpaired) electrons. The van der Waals surface area contributed by atoms with Crippen LogP contribution in [-0.2, 0) is 6.54 Å². The molecule has 1 aliphatic rings. The van der Waals surface area contributed by atoms with E-state index < -0.39 is 0 Å². The standard InChI is InChI=1S/C21H27ClN4O.ClH/c22-19-4-1-2-5-20(19)26-14-12-25(13-15-26)11-3-10-24-21(27)18-8-6-17(16-23)7-9-18;/h1-2,4-9H,3,10-16,23H2,(H,24,27);1H. The molecule has 3 N–H and O–H groups in total. The predicted molar refractivity (Wildman–Crippen MR) is 119 cm³/mol. The molecule has 152 valence electrons. The number of carbonyl (C=O) groups is 1. The van der Waals surface area contributed by atoms with Gasteiger partial charge >= 0.3 is 0 Å². The van der Waals surface area contributed by atoms with Gasteiger partial charge in [0.05, 0.1) is 10.7 Å². The third kappa shape index (κ3) is 6.11. The van der Waals surface area contributed by atoms with Crippen molar-refractivity contribution in [3.8, 4) is 0 Å². The summed E-state index contributed by atoms with van der Waals surface area (Å²) in [4.78, 5) is 16.9. The summed E-state index contributed by atoms with van der Waals surface area (Å²) in [7, 11) is 0. The van der Waals surface area contributed by atoms with Crippen molar-refractivity contribution < 1.29 is 4.79 Å². The van der Waals surface area contributed by atoms with Crippen LogP contribution in [0, 0.1) is 0 Å². The molecule has 1 saturated heterocycles. The number of carbonyl (C=O) groups excluding carboxylic acids is 1. The van der Waals surface area contributed by atoms with Crippen LogP contribution in [0.5, 0.6) is 0 Å². The van der Waals surface area contributed by atoms with E-state index in [2.05, 4.69) is 21.2 Å². The Labute approximate surface area is 178 Å². The lowest BCUT2D eigenvalue weighted by atomic mass is 10.1. The second-order valence-electron chi connectivity index (χ2n) is 6.79. The second-order valence-corrected chi connectivity index (χ2v) is 7.20. The number of nitrogens with one attached hydrogen (secondary N) is 1. The van der Waals surface area contributed by atoms with Gasteiger partial charge in [0.2, 0.25) is 0 Å². The minimum atomic E-state index is -0.0258. The molecule has 0 unspecified atom stereocenters. The first kappa shape index (κ1) is 22.5. The average molecular weight is 423 g/mol. The number of hydrogen-bond acceptors (Lipinski definition) is 4. The topological polar surface area (TPSA) is 61.6 Å². The molecule has 0 atom stereocenters. The van der Waals surface area contributed by atoms with E-state index in [-0.39, 0.29) is 18.3 Å². The van der Waals surface area contributed by atoms with Crippen LogP contribution in [0.2, 0.25) is 5.02 Å². The predicted octanol–water partition coefficient (Wildman–Crippen LogP) is 3.16. The molecule has 1 heterocycles. The molecular formula is C21H28Cl2N4O. The highest BCUT2D eigenvalue weighted by atomic mass is 35.5. The molecular weight excluding hydrogens is 395 g/mol. The average Bonchev–Trinajstić information content (AvgIpc) is 2.72. The fourth-order valence-corrected chi connectivity index (χ4v) is 3.57. The lowest BCUT2D eigenvalue weighted by Gasteiger charge is -2.36. The molecule has 2 aromatic carbocycles. The highest BCUT2D eigenvalue weighted by Gasteiger charge is 2.18. The van der Waals surface area contributed by atoms with Gasteiger partial charge in [-0.2, -0.15) is 0 Å². The fraction of sp³-hybridized carbons (Fsp3) is 0.381. The van der Waals surface area contributed by atoms with Crippen LogP contribution in [0.4, 0.5) is 5.69 Å². The molecule has 2 aromatic rings. The molecule has 0 spiro atoms. The zero-order chi connectivity index (χ0) is 19.1. The summed E-state index contributed by atoms with van der Waals surface area (Å²) in [5.74, 6) is -0.0258. The number of benzene rings is 2. The highest BCUT2D eigenvalue weighted by Crippen LogP contribution is 2.25. The van der Waals surface area contributed by atoms with E-state index in [1.807, 2.05) is 42.5 Å². The lowest BCUT2D eigenvalue weighted by molar-refractivity contribution is 0.0951. The molecule has 0 saturated carbocycles. The van der Waals surface area contributed by atoms with E-state index in [0.29, 0.717) is 18.7 Å².